The summed E-state index contributed by atoms with van der Waals surface area (Å²) in [6, 6.07) is 30.8. The minimum absolute atomic E-state index is 0.793. The molecule has 1 heterocycles. The van der Waals surface area contributed by atoms with Crippen molar-refractivity contribution >= 4 is 33.4 Å². The van der Waals surface area contributed by atoms with Crippen LogP contribution in [0.25, 0.3) is 27.8 Å². The fourth-order valence-electron chi connectivity index (χ4n) is 3.60. The lowest BCUT2D eigenvalue weighted by molar-refractivity contribution is -0.538. The summed E-state index contributed by atoms with van der Waals surface area (Å²) in [4.78, 5) is 4.88. The van der Waals surface area contributed by atoms with E-state index in [4.69, 9.17) is 4.98 Å². The predicted molar refractivity (Wildman–Crippen MR) is 121 cm³/mol. The van der Waals surface area contributed by atoms with E-state index in [-0.39, 0.29) is 0 Å². The number of para-hydroxylation sites is 1. The highest BCUT2D eigenvalue weighted by Gasteiger charge is 2.19. The summed E-state index contributed by atoms with van der Waals surface area (Å²) < 4.78 is 2.25. The number of aryl methyl sites for hydroxylation is 2. The Hall–Kier alpha value is -3.92. The zero-order chi connectivity index (χ0) is 20.5. The highest BCUT2D eigenvalue weighted by atomic mass is 15.1. The van der Waals surface area contributed by atoms with Crippen LogP contribution >= 0.6 is 0 Å². The van der Waals surface area contributed by atoms with Crippen LogP contribution in [0.1, 0.15) is 11.1 Å². The molecule has 0 bridgehead atoms. The molecule has 0 radical (unpaired) electrons. The summed E-state index contributed by atoms with van der Waals surface area (Å²) in [5.41, 5.74) is 9.08. The third kappa shape index (κ3) is 3.44. The van der Waals surface area contributed by atoms with Gasteiger partial charge in [-0.05, 0) is 49.7 Å². The average Bonchev–Trinajstić information content (AvgIpc) is 2.78. The molecule has 4 nitrogen and oxygen atoms in total. The Balaban J connectivity index is 1.72. The van der Waals surface area contributed by atoms with Crippen LogP contribution in [-0.2, 0) is 0 Å². The Morgan fingerprint density at radius 2 is 1.20 bits per heavy atom. The molecule has 0 unspecified atom stereocenters. The van der Waals surface area contributed by atoms with E-state index in [1.807, 2.05) is 42.5 Å². The van der Waals surface area contributed by atoms with E-state index in [1.54, 1.807) is 0 Å². The fourth-order valence-corrected chi connectivity index (χ4v) is 3.60. The summed E-state index contributed by atoms with van der Waals surface area (Å²) in [6.07, 6.45) is 0. The number of nitrogens with zero attached hydrogens (tertiary/aromatic N) is 4. The average molecular weight is 389 g/mol. The number of benzene rings is 4. The van der Waals surface area contributed by atoms with Gasteiger partial charge in [-0.15, -0.1) is 4.57 Å². The molecule has 0 aliphatic rings. The molecular formula is C26H21N4+. The SMILES string of the molecule is Cc1ccc(N=Nc2ccc3nc4ccc(C)cc4[n+](-c4ccccc4)c3c2)cc1. The number of rotatable bonds is 3. The molecule has 5 aromatic rings. The van der Waals surface area contributed by atoms with Gasteiger partial charge in [-0.1, -0.05) is 42.0 Å². The van der Waals surface area contributed by atoms with E-state index in [0.717, 1.165) is 39.1 Å². The zero-order valence-electron chi connectivity index (χ0n) is 16.9. The number of fused-ring (bicyclic) bond motifs is 2. The molecule has 5 rings (SSSR count). The lowest BCUT2D eigenvalue weighted by atomic mass is 10.1. The Labute approximate surface area is 175 Å². The minimum Gasteiger partial charge on any atom is -0.235 e. The third-order valence-electron chi connectivity index (χ3n) is 5.14. The second kappa shape index (κ2) is 7.48. The highest BCUT2D eigenvalue weighted by molar-refractivity contribution is 5.84. The monoisotopic (exact) mass is 389 g/mol. The molecule has 0 saturated heterocycles. The summed E-state index contributed by atoms with van der Waals surface area (Å²) in [5, 5.41) is 8.87. The van der Waals surface area contributed by atoms with Gasteiger partial charge in [0, 0.05) is 24.3 Å². The van der Waals surface area contributed by atoms with Gasteiger partial charge in [0.2, 0.25) is 16.7 Å². The van der Waals surface area contributed by atoms with Crippen LogP contribution < -0.4 is 4.57 Å². The molecule has 1 aromatic heterocycles. The fraction of sp³-hybridized carbons (Fsp3) is 0.0769. The van der Waals surface area contributed by atoms with E-state index >= 15 is 0 Å². The van der Waals surface area contributed by atoms with Gasteiger partial charge in [0.1, 0.15) is 11.0 Å². The maximum Gasteiger partial charge on any atom is 0.239 e. The first-order valence-electron chi connectivity index (χ1n) is 9.97. The molecule has 4 heteroatoms. The molecular weight excluding hydrogens is 368 g/mol. The van der Waals surface area contributed by atoms with Crippen molar-refractivity contribution in [3.63, 3.8) is 0 Å². The molecule has 0 atom stereocenters. The van der Waals surface area contributed by atoms with Gasteiger partial charge in [0.05, 0.1) is 11.4 Å². The van der Waals surface area contributed by atoms with Gasteiger partial charge < -0.3 is 0 Å². The van der Waals surface area contributed by atoms with Crippen LogP contribution in [-0.4, -0.2) is 4.98 Å². The Kier molecular flexibility index (Phi) is 4.52. The molecule has 30 heavy (non-hydrogen) atoms. The number of hydrogen-bond acceptors (Lipinski definition) is 3. The van der Waals surface area contributed by atoms with E-state index < -0.39 is 0 Å². The van der Waals surface area contributed by atoms with Gasteiger partial charge in [-0.25, -0.2) is 4.98 Å². The molecule has 0 spiro atoms. The molecule has 0 fully saturated rings. The first kappa shape index (κ1) is 18.1. The molecule has 144 valence electrons. The van der Waals surface area contributed by atoms with Crippen molar-refractivity contribution in [1.82, 2.24) is 4.98 Å². The van der Waals surface area contributed by atoms with Gasteiger partial charge in [-0.2, -0.15) is 10.2 Å². The zero-order valence-corrected chi connectivity index (χ0v) is 16.9. The smallest absolute Gasteiger partial charge is 0.235 e. The molecule has 0 amide bonds. The van der Waals surface area contributed by atoms with Crippen LogP contribution in [0.5, 0.6) is 0 Å². The topological polar surface area (TPSA) is 41.5 Å². The van der Waals surface area contributed by atoms with Crippen LogP contribution in [0.15, 0.2) is 101 Å². The van der Waals surface area contributed by atoms with Crippen LogP contribution in [0.2, 0.25) is 0 Å². The van der Waals surface area contributed by atoms with Crippen molar-refractivity contribution in [2.45, 2.75) is 13.8 Å². The summed E-state index contributed by atoms with van der Waals surface area (Å²) in [6.45, 7) is 4.16. The van der Waals surface area contributed by atoms with Crippen molar-refractivity contribution in [2.75, 3.05) is 0 Å². The molecule has 0 saturated carbocycles. The minimum atomic E-state index is 0.793. The maximum absolute atomic E-state index is 4.88. The molecule has 0 aliphatic carbocycles. The van der Waals surface area contributed by atoms with Gasteiger partial charge in [0.15, 0.2) is 0 Å². The predicted octanol–water partition coefficient (Wildman–Crippen LogP) is 6.70. The van der Waals surface area contributed by atoms with Crippen LogP contribution in [0.3, 0.4) is 0 Å². The number of azo groups is 1. The first-order chi connectivity index (χ1) is 14.7. The normalized spacial score (nSPS) is 11.5. The lowest BCUT2D eigenvalue weighted by Crippen LogP contribution is -2.33. The lowest BCUT2D eigenvalue weighted by Gasteiger charge is -2.06. The Morgan fingerprint density at radius 1 is 0.600 bits per heavy atom. The quantitative estimate of drug-likeness (QED) is 0.192. The van der Waals surface area contributed by atoms with Crippen molar-refractivity contribution in [3.05, 3.63) is 102 Å². The standard InChI is InChI=1S/C26H21N4/c1-18-8-11-20(12-9-18)28-29-21-13-15-24-26(17-21)30(22-6-4-3-5-7-22)25-16-19(2)10-14-23(25)27-24/h3-17H,1-2H3/q+1. The van der Waals surface area contributed by atoms with E-state index in [0.29, 0.717) is 0 Å². The molecule has 0 N–H and O–H groups in total. The Bertz CT molecular complexity index is 1390. The molecule has 0 aliphatic heterocycles. The van der Waals surface area contributed by atoms with Crippen molar-refractivity contribution in [1.29, 1.82) is 0 Å². The maximum atomic E-state index is 4.88. The van der Waals surface area contributed by atoms with Crippen molar-refractivity contribution < 1.29 is 4.57 Å². The Morgan fingerprint density at radius 3 is 1.97 bits per heavy atom. The largest absolute Gasteiger partial charge is 0.239 e. The van der Waals surface area contributed by atoms with Gasteiger partial charge in [-0.3, -0.25) is 0 Å². The number of aromatic nitrogens is 2. The van der Waals surface area contributed by atoms with Crippen LogP contribution in [0.4, 0.5) is 11.4 Å². The summed E-state index contributed by atoms with van der Waals surface area (Å²) >= 11 is 0. The second-order valence-corrected chi connectivity index (χ2v) is 7.48. The van der Waals surface area contributed by atoms with Gasteiger partial charge in [0.25, 0.3) is 0 Å². The third-order valence-corrected chi connectivity index (χ3v) is 5.14. The van der Waals surface area contributed by atoms with Crippen LogP contribution in [0, 0.1) is 13.8 Å². The second-order valence-electron chi connectivity index (χ2n) is 7.48. The van der Waals surface area contributed by atoms with Gasteiger partial charge >= 0.3 is 0 Å². The van der Waals surface area contributed by atoms with E-state index in [2.05, 4.69) is 77.2 Å². The van der Waals surface area contributed by atoms with E-state index in [9.17, 15) is 0 Å². The van der Waals surface area contributed by atoms with Crippen molar-refractivity contribution in [3.8, 4) is 5.69 Å². The highest BCUT2D eigenvalue weighted by Crippen LogP contribution is 2.24. The first-order valence-corrected chi connectivity index (χ1v) is 9.97. The van der Waals surface area contributed by atoms with Crippen molar-refractivity contribution in [2.24, 2.45) is 10.2 Å². The van der Waals surface area contributed by atoms with E-state index in [1.165, 1.54) is 11.1 Å². The summed E-state index contributed by atoms with van der Waals surface area (Å²) in [5.74, 6) is 0. The molecule has 4 aromatic carbocycles. The number of hydrogen-bond donors (Lipinski definition) is 0. The summed E-state index contributed by atoms with van der Waals surface area (Å²) in [7, 11) is 0.